The van der Waals surface area contributed by atoms with Crippen molar-refractivity contribution in [1.29, 1.82) is 0 Å². The van der Waals surface area contributed by atoms with Crippen LogP contribution in [0.5, 0.6) is 0 Å². The fourth-order valence-electron chi connectivity index (χ4n) is 5.13. The predicted octanol–water partition coefficient (Wildman–Crippen LogP) is 1.20. The van der Waals surface area contributed by atoms with E-state index in [1.165, 1.54) is 0 Å². The lowest BCUT2D eigenvalue weighted by molar-refractivity contribution is -0.152. The highest BCUT2D eigenvalue weighted by Crippen LogP contribution is 2.62. The van der Waals surface area contributed by atoms with Gasteiger partial charge < -0.3 is 14.9 Å². The second-order valence-corrected chi connectivity index (χ2v) is 7.12. The first-order valence-electron chi connectivity index (χ1n) is 7.42. The second kappa shape index (κ2) is 4.19. The number of fused-ring (bicyclic) bond motifs is 4. The Kier molecular flexibility index (Phi) is 2.95. The molecule has 2 aliphatic carbocycles. The van der Waals surface area contributed by atoms with Crippen molar-refractivity contribution in [2.24, 2.45) is 35.0 Å². The van der Waals surface area contributed by atoms with Gasteiger partial charge in [0.1, 0.15) is 6.10 Å². The van der Waals surface area contributed by atoms with Crippen LogP contribution in [0, 0.1) is 35.0 Å². The first-order chi connectivity index (χ1) is 8.92. The molecule has 2 saturated carbocycles. The average molecular weight is 268 g/mol. The first-order valence-corrected chi connectivity index (χ1v) is 7.42. The first kappa shape index (κ1) is 13.4. The molecule has 0 spiro atoms. The summed E-state index contributed by atoms with van der Waals surface area (Å²) < 4.78 is 5.50. The van der Waals surface area contributed by atoms with E-state index >= 15 is 0 Å². The van der Waals surface area contributed by atoms with E-state index in [4.69, 9.17) is 4.74 Å². The van der Waals surface area contributed by atoms with Gasteiger partial charge in [-0.15, -0.1) is 0 Å². The third-order valence-electron chi connectivity index (χ3n) is 6.20. The highest BCUT2D eigenvalue weighted by molar-refractivity contribution is 5.76. The molecule has 19 heavy (non-hydrogen) atoms. The highest BCUT2D eigenvalue weighted by Gasteiger charge is 2.68. The van der Waals surface area contributed by atoms with Crippen molar-refractivity contribution in [3.63, 3.8) is 0 Å². The molecule has 2 N–H and O–H groups in total. The van der Waals surface area contributed by atoms with Crippen molar-refractivity contribution in [3.05, 3.63) is 0 Å². The summed E-state index contributed by atoms with van der Waals surface area (Å²) >= 11 is 0. The monoisotopic (exact) mass is 268 g/mol. The van der Waals surface area contributed by atoms with E-state index in [1.54, 1.807) is 0 Å². The van der Waals surface area contributed by atoms with Gasteiger partial charge >= 0.3 is 5.97 Å². The molecule has 3 fully saturated rings. The van der Waals surface area contributed by atoms with Crippen molar-refractivity contribution in [3.8, 4) is 0 Å². The molecule has 7 unspecified atom stereocenters. The van der Waals surface area contributed by atoms with Crippen LogP contribution in [0.25, 0.3) is 0 Å². The number of aliphatic hydroxyl groups excluding tert-OH is 2. The normalized spacial score (nSPS) is 52.4. The van der Waals surface area contributed by atoms with Gasteiger partial charge in [0.15, 0.2) is 0 Å². The summed E-state index contributed by atoms with van der Waals surface area (Å²) in [6, 6.07) is 0. The lowest BCUT2D eigenvalue weighted by Gasteiger charge is -2.49. The van der Waals surface area contributed by atoms with Gasteiger partial charge in [-0.1, -0.05) is 20.8 Å². The maximum Gasteiger partial charge on any atom is 0.310 e. The Bertz CT molecular complexity index is 394. The fraction of sp³-hybridized carbons (Fsp3) is 0.933. The van der Waals surface area contributed by atoms with Crippen molar-refractivity contribution in [2.45, 2.75) is 45.8 Å². The summed E-state index contributed by atoms with van der Waals surface area (Å²) in [6.07, 6.45) is 0.781. The molecule has 3 rings (SSSR count). The van der Waals surface area contributed by atoms with Gasteiger partial charge in [-0.25, -0.2) is 0 Å². The van der Waals surface area contributed by atoms with Gasteiger partial charge in [0.25, 0.3) is 0 Å². The van der Waals surface area contributed by atoms with Crippen LogP contribution in [-0.2, 0) is 9.53 Å². The minimum absolute atomic E-state index is 0.0834. The topological polar surface area (TPSA) is 66.8 Å². The number of rotatable bonds is 2. The molecule has 2 bridgehead atoms. The number of esters is 1. The molecule has 0 aromatic rings. The Morgan fingerprint density at radius 1 is 1.42 bits per heavy atom. The molecule has 0 amide bonds. The number of carbonyl (C=O) groups is 1. The minimum atomic E-state index is -0.646. The molecule has 1 saturated heterocycles. The molecule has 1 aliphatic heterocycles. The standard InChI is InChI=1S/C15H24O4/c1-7(2)10-11-9-5-4-8(6-16)15(9,3)13(17)12(10)19-14(11)18/h7-13,16-17H,4-6H2,1-3H3. The minimum Gasteiger partial charge on any atom is -0.459 e. The molecule has 0 aromatic heterocycles. The molecular formula is C15H24O4. The van der Waals surface area contributed by atoms with Crippen LogP contribution >= 0.6 is 0 Å². The smallest absolute Gasteiger partial charge is 0.310 e. The zero-order valence-electron chi connectivity index (χ0n) is 11.9. The molecule has 3 aliphatic rings. The SMILES string of the molecule is CC(C)C1C2OC(=O)C1C1CCC(CO)C1(C)C2O. The maximum atomic E-state index is 12.2. The third kappa shape index (κ3) is 1.50. The van der Waals surface area contributed by atoms with Crippen molar-refractivity contribution >= 4 is 5.97 Å². The molecule has 7 atom stereocenters. The highest BCUT2D eigenvalue weighted by atomic mass is 16.6. The number of hydrogen-bond donors (Lipinski definition) is 2. The van der Waals surface area contributed by atoms with Crippen LogP contribution in [0.4, 0.5) is 0 Å². The Morgan fingerprint density at radius 2 is 2.11 bits per heavy atom. The quantitative estimate of drug-likeness (QED) is 0.739. The number of aliphatic hydroxyl groups is 2. The van der Waals surface area contributed by atoms with Gasteiger partial charge in [0, 0.05) is 17.9 Å². The van der Waals surface area contributed by atoms with Crippen LogP contribution < -0.4 is 0 Å². The van der Waals surface area contributed by atoms with Gasteiger partial charge in [0.05, 0.1) is 12.0 Å². The zero-order valence-corrected chi connectivity index (χ0v) is 11.9. The van der Waals surface area contributed by atoms with Crippen molar-refractivity contribution in [2.75, 3.05) is 6.61 Å². The van der Waals surface area contributed by atoms with E-state index < -0.39 is 6.10 Å². The molecule has 108 valence electrons. The van der Waals surface area contributed by atoms with E-state index in [2.05, 4.69) is 13.8 Å². The summed E-state index contributed by atoms with van der Waals surface area (Å²) in [5.74, 6) is 0.468. The van der Waals surface area contributed by atoms with Gasteiger partial charge in [-0.3, -0.25) is 4.79 Å². The third-order valence-corrected chi connectivity index (χ3v) is 6.20. The second-order valence-electron chi connectivity index (χ2n) is 7.12. The Morgan fingerprint density at radius 3 is 2.68 bits per heavy atom. The van der Waals surface area contributed by atoms with E-state index in [0.29, 0.717) is 5.92 Å². The van der Waals surface area contributed by atoms with Gasteiger partial charge in [0.2, 0.25) is 0 Å². The van der Waals surface area contributed by atoms with E-state index in [0.717, 1.165) is 12.8 Å². The molecule has 4 heteroatoms. The summed E-state index contributed by atoms with van der Waals surface area (Å²) in [7, 11) is 0. The Balaban J connectivity index is 2.04. The molecule has 1 heterocycles. The van der Waals surface area contributed by atoms with Crippen molar-refractivity contribution < 1.29 is 19.7 Å². The zero-order chi connectivity index (χ0) is 13.9. The molecule has 0 radical (unpaired) electrons. The number of ether oxygens (including phenoxy) is 1. The molecule has 0 aromatic carbocycles. The van der Waals surface area contributed by atoms with Gasteiger partial charge in [-0.05, 0) is 30.6 Å². The number of carbonyl (C=O) groups excluding carboxylic acids is 1. The van der Waals surface area contributed by atoms with Gasteiger partial charge in [-0.2, -0.15) is 0 Å². The van der Waals surface area contributed by atoms with Crippen LogP contribution in [-0.4, -0.2) is 35.0 Å². The fourth-order valence-corrected chi connectivity index (χ4v) is 5.13. The van der Waals surface area contributed by atoms with Crippen LogP contribution in [0.2, 0.25) is 0 Å². The predicted molar refractivity (Wildman–Crippen MR) is 69.1 cm³/mol. The lowest BCUT2D eigenvalue weighted by Crippen LogP contribution is -2.57. The van der Waals surface area contributed by atoms with E-state index in [1.807, 2.05) is 6.92 Å². The summed E-state index contributed by atoms with van der Waals surface area (Å²) in [5, 5.41) is 20.4. The number of hydrogen-bond acceptors (Lipinski definition) is 4. The average Bonchev–Trinajstić information content (AvgIpc) is 2.84. The Hall–Kier alpha value is -0.610. The largest absolute Gasteiger partial charge is 0.459 e. The lowest BCUT2D eigenvalue weighted by atomic mass is 9.55. The van der Waals surface area contributed by atoms with Crippen LogP contribution in [0.15, 0.2) is 0 Å². The van der Waals surface area contributed by atoms with Crippen molar-refractivity contribution in [1.82, 2.24) is 0 Å². The summed E-state index contributed by atoms with van der Waals surface area (Å²) in [6.45, 7) is 6.32. The van der Waals surface area contributed by atoms with E-state index in [-0.39, 0.29) is 47.8 Å². The van der Waals surface area contributed by atoms with Crippen LogP contribution in [0.1, 0.15) is 33.6 Å². The Labute approximate surface area is 114 Å². The molecule has 4 nitrogen and oxygen atoms in total. The maximum absolute atomic E-state index is 12.2. The molecular weight excluding hydrogens is 244 g/mol. The van der Waals surface area contributed by atoms with Crippen LogP contribution in [0.3, 0.4) is 0 Å². The summed E-state index contributed by atoms with van der Waals surface area (Å²) in [5.41, 5.74) is -0.373. The van der Waals surface area contributed by atoms with E-state index in [9.17, 15) is 15.0 Å². The summed E-state index contributed by atoms with van der Waals surface area (Å²) in [4.78, 5) is 12.2.